The van der Waals surface area contributed by atoms with Crippen LogP contribution in [0.3, 0.4) is 0 Å². The van der Waals surface area contributed by atoms with Gasteiger partial charge in [0.1, 0.15) is 11.5 Å². The average molecular weight is 260 g/mol. The molecule has 1 saturated carbocycles. The number of ether oxygens (including phenoxy) is 1. The summed E-state index contributed by atoms with van der Waals surface area (Å²) < 4.78 is 5.20. The number of hydrogen-bond donors (Lipinski definition) is 0. The molecule has 1 aromatic rings. The van der Waals surface area contributed by atoms with Crippen LogP contribution in [0.1, 0.15) is 45.6 Å². The van der Waals surface area contributed by atoms with Gasteiger partial charge < -0.3 is 4.74 Å². The second-order valence-corrected chi connectivity index (χ2v) is 6.36. The number of ketones is 1. The predicted molar refractivity (Wildman–Crippen MR) is 77.5 cm³/mol. The number of Topliss-reactive ketones (excluding diaryl/α,β-unsaturated/α-hetero) is 1. The van der Waals surface area contributed by atoms with Crippen molar-refractivity contribution in [2.75, 3.05) is 7.11 Å². The van der Waals surface area contributed by atoms with Crippen molar-refractivity contribution in [3.8, 4) is 5.75 Å². The van der Waals surface area contributed by atoms with Crippen LogP contribution in [0.4, 0.5) is 0 Å². The Labute approximate surface area is 116 Å². The molecular formula is C17H24O2. The Morgan fingerprint density at radius 1 is 1.16 bits per heavy atom. The van der Waals surface area contributed by atoms with Crippen molar-refractivity contribution < 1.29 is 9.53 Å². The summed E-state index contributed by atoms with van der Waals surface area (Å²) in [6, 6.07) is 8.13. The Morgan fingerprint density at radius 3 is 2.32 bits per heavy atom. The largest absolute Gasteiger partial charge is 0.497 e. The molecule has 0 aliphatic heterocycles. The molecule has 2 heteroatoms. The van der Waals surface area contributed by atoms with Crippen molar-refractivity contribution in [3.05, 3.63) is 29.8 Å². The second kappa shape index (κ2) is 5.36. The first kappa shape index (κ1) is 14.1. The Balaban J connectivity index is 2.22. The van der Waals surface area contributed by atoms with Gasteiger partial charge in [-0.15, -0.1) is 0 Å². The van der Waals surface area contributed by atoms with E-state index < -0.39 is 0 Å². The molecule has 2 atom stereocenters. The van der Waals surface area contributed by atoms with E-state index in [4.69, 9.17) is 4.74 Å². The minimum atomic E-state index is -0.0938. The molecule has 1 aromatic carbocycles. The molecule has 104 valence electrons. The molecule has 0 saturated heterocycles. The molecule has 0 aromatic heterocycles. The minimum Gasteiger partial charge on any atom is -0.497 e. The zero-order valence-electron chi connectivity index (χ0n) is 12.4. The minimum absolute atomic E-state index is 0.0938. The average Bonchev–Trinajstić information content (AvgIpc) is 2.38. The van der Waals surface area contributed by atoms with Crippen LogP contribution in [0.15, 0.2) is 24.3 Å². The van der Waals surface area contributed by atoms with Crippen LogP contribution >= 0.6 is 0 Å². The molecule has 0 heterocycles. The van der Waals surface area contributed by atoms with Crippen molar-refractivity contribution in [2.24, 2.45) is 11.8 Å². The third-order valence-corrected chi connectivity index (χ3v) is 4.59. The predicted octanol–water partition coefficient (Wildman–Crippen LogP) is 3.98. The summed E-state index contributed by atoms with van der Waals surface area (Å²) in [7, 11) is 1.67. The van der Waals surface area contributed by atoms with Crippen molar-refractivity contribution >= 4 is 5.78 Å². The van der Waals surface area contributed by atoms with Crippen LogP contribution in [-0.4, -0.2) is 12.9 Å². The highest BCUT2D eigenvalue weighted by molar-refractivity contribution is 5.83. The maximum atomic E-state index is 12.3. The van der Waals surface area contributed by atoms with Crippen molar-refractivity contribution in [1.82, 2.24) is 0 Å². The highest BCUT2D eigenvalue weighted by Gasteiger charge is 2.38. The highest BCUT2D eigenvalue weighted by atomic mass is 16.5. The molecule has 1 aliphatic rings. The van der Waals surface area contributed by atoms with Crippen LogP contribution in [0.2, 0.25) is 0 Å². The van der Waals surface area contributed by atoms with E-state index >= 15 is 0 Å². The fourth-order valence-corrected chi connectivity index (χ4v) is 3.19. The van der Waals surface area contributed by atoms with Gasteiger partial charge in [0.2, 0.25) is 0 Å². The molecule has 2 nitrogen and oxygen atoms in total. The lowest BCUT2D eigenvalue weighted by Gasteiger charge is -2.38. The molecule has 0 bridgehead atoms. The van der Waals surface area contributed by atoms with E-state index in [0.717, 1.165) is 25.0 Å². The van der Waals surface area contributed by atoms with Gasteiger partial charge in [-0.2, -0.15) is 0 Å². The van der Waals surface area contributed by atoms with E-state index in [0.29, 0.717) is 11.7 Å². The Morgan fingerprint density at radius 2 is 1.79 bits per heavy atom. The van der Waals surface area contributed by atoms with Crippen LogP contribution in [0, 0.1) is 11.8 Å². The lowest BCUT2D eigenvalue weighted by atomic mass is 9.65. The highest BCUT2D eigenvalue weighted by Crippen LogP contribution is 2.40. The van der Waals surface area contributed by atoms with Gasteiger partial charge in [0.25, 0.3) is 0 Å². The maximum absolute atomic E-state index is 12.3. The van der Waals surface area contributed by atoms with E-state index in [1.807, 2.05) is 12.1 Å². The maximum Gasteiger partial charge on any atom is 0.137 e. The normalized spacial score (nSPS) is 24.3. The van der Waals surface area contributed by atoms with Gasteiger partial charge in [0.15, 0.2) is 0 Å². The fourth-order valence-electron chi connectivity index (χ4n) is 3.19. The van der Waals surface area contributed by atoms with Crippen molar-refractivity contribution in [3.63, 3.8) is 0 Å². The summed E-state index contributed by atoms with van der Waals surface area (Å²) in [5.74, 6) is 2.00. The number of carbonyl (C=O) groups is 1. The van der Waals surface area contributed by atoms with E-state index in [-0.39, 0.29) is 11.3 Å². The summed E-state index contributed by atoms with van der Waals surface area (Å²) in [6.45, 7) is 6.55. The number of carbonyl (C=O) groups excluding carboxylic acids is 1. The second-order valence-electron chi connectivity index (χ2n) is 6.36. The van der Waals surface area contributed by atoms with Crippen molar-refractivity contribution in [2.45, 2.75) is 45.4 Å². The molecule has 0 unspecified atom stereocenters. The molecule has 2 rings (SSSR count). The summed E-state index contributed by atoms with van der Waals surface area (Å²) >= 11 is 0. The van der Waals surface area contributed by atoms with Gasteiger partial charge in [0.05, 0.1) is 7.11 Å². The summed E-state index contributed by atoms with van der Waals surface area (Å²) in [5.41, 5.74) is 1.13. The monoisotopic (exact) mass is 260 g/mol. The van der Waals surface area contributed by atoms with Gasteiger partial charge in [-0.3, -0.25) is 4.79 Å². The number of benzene rings is 1. The zero-order valence-corrected chi connectivity index (χ0v) is 12.4. The first-order chi connectivity index (χ1) is 8.95. The van der Waals surface area contributed by atoms with Crippen LogP contribution in [0.25, 0.3) is 0 Å². The van der Waals surface area contributed by atoms with Gasteiger partial charge >= 0.3 is 0 Å². The Hall–Kier alpha value is -1.31. The Kier molecular flexibility index (Phi) is 3.98. The molecule has 1 aliphatic carbocycles. The van der Waals surface area contributed by atoms with Crippen molar-refractivity contribution in [1.29, 1.82) is 0 Å². The fraction of sp³-hybridized carbons (Fsp3) is 0.588. The quantitative estimate of drug-likeness (QED) is 0.821. The first-order valence-corrected chi connectivity index (χ1v) is 7.12. The Bertz CT molecular complexity index is 445. The van der Waals surface area contributed by atoms with Crippen LogP contribution < -0.4 is 4.74 Å². The summed E-state index contributed by atoms with van der Waals surface area (Å²) in [6.07, 6.45) is 2.92. The molecule has 0 amide bonds. The van der Waals surface area contributed by atoms with Gasteiger partial charge in [0, 0.05) is 12.3 Å². The molecule has 19 heavy (non-hydrogen) atoms. The lowest BCUT2D eigenvalue weighted by Crippen LogP contribution is -2.38. The van der Waals surface area contributed by atoms with E-state index in [1.165, 1.54) is 5.56 Å². The van der Waals surface area contributed by atoms with Gasteiger partial charge in [-0.05, 0) is 41.9 Å². The zero-order chi connectivity index (χ0) is 14.0. The molecule has 0 radical (unpaired) electrons. The summed E-state index contributed by atoms with van der Waals surface area (Å²) in [4.78, 5) is 12.3. The number of rotatable bonds is 3. The number of methoxy groups -OCH3 is 1. The molecule has 1 fully saturated rings. The first-order valence-electron chi connectivity index (χ1n) is 7.12. The van der Waals surface area contributed by atoms with Crippen LogP contribution in [0.5, 0.6) is 5.75 Å². The molecular weight excluding hydrogens is 236 g/mol. The van der Waals surface area contributed by atoms with Crippen LogP contribution in [-0.2, 0) is 10.2 Å². The van der Waals surface area contributed by atoms with E-state index in [9.17, 15) is 4.79 Å². The van der Waals surface area contributed by atoms with Gasteiger partial charge in [-0.25, -0.2) is 0 Å². The third kappa shape index (κ3) is 2.83. The van der Waals surface area contributed by atoms with Gasteiger partial charge in [-0.1, -0.05) is 32.9 Å². The molecule has 0 N–H and O–H groups in total. The summed E-state index contributed by atoms with van der Waals surface area (Å²) in [5, 5.41) is 0. The SMILES string of the molecule is COc1ccc(C(C)(C)[C@H]2CC[C@H](C)CC2=O)cc1. The smallest absolute Gasteiger partial charge is 0.137 e. The lowest BCUT2D eigenvalue weighted by molar-refractivity contribution is -0.128. The topological polar surface area (TPSA) is 26.3 Å². The van der Waals surface area contributed by atoms with E-state index in [2.05, 4.69) is 32.9 Å². The third-order valence-electron chi connectivity index (χ3n) is 4.59. The standard InChI is InChI=1S/C17H24O2/c1-12-5-10-15(16(18)11-12)17(2,3)13-6-8-14(19-4)9-7-13/h6-9,12,15H,5,10-11H2,1-4H3/t12-,15-/m0/s1. The number of hydrogen-bond acceptors (Lipinski definition) is 2. The molecule has 0 spiro atoms. The van der Waals surface area contributed by atoms with E-state index in [1.54, 1.807) is 7.11 Å².